The summed E-state index contributed by atoms with van der Waals surface area (Å²) in [4.78, 5) is 5.19. The lowest BCUT2D eigenvalue weighted by molar-refractivity contribution is 0.664. The minimum Gasteiger partial charge on any atom is -0.375 e. The van der Waals surface area contributed by atoms with E-state index in [-0.39, 0.29) is 0 Å². The van der Waals surface area contributed by atoms with Gasteiger partial charge in [-0.1, -0.05) is 6.92 Å². The zero-order valence-corrected chi connectivity index (χ0v) is 10.6. The van der Waals surface area contributed by atoms with Crippen LogP contribution in [0.4, 0.5) is 5.13 Å². The Labute approximate surface area is 99.1 Å². The van der Waals surface area contributed by atoms with Gasteiger partial charge in [0, 0.05) is 16.8 Å². The Balaban J connectivity index is 2.28. The molecule has 2 aromatic rings. The molecule has 0 aliphatic carbocycles. The van der Waals surface area contributed by atoms with Crippen molar-refractivity contribution in [1.82, 2.24) is 14.8 Å². The zero-order chi connectivity index (χ0) is 11.7. The van der Waals surface area contributed by atoms with Crippen LogP contribution in [-0.2, 0) is 13.0 Å². The second-order valence-corrected chi connectivity index (χ2v) is 4.97. The average molecular weight is 236 g/mol. The number of aromatic nitrogens is 3. The minimum absolute atomic E-state index is 0.618. The normalized spacial score (nSPS) is 10.9. The van der Waals surface area contributed by atoms with Crippen LogP contribution in [0, 0.1) is 13.8 Å². The van der Waals surface area contributed by atoms with Crippen molar-refractivity contribution in [2.24, 2.45) is 0 Å². The molecule has 0 unspecified atom stereocenters. The second kappa shape index (κ2) is 4.25. The Kier molecular flexibility index (Phi) is 2.96. The molecule has 2 rings (SSSR count). The Morgan fingerprint density at radius 1 is 1.44 bits per heavy atom. The molecule has 2 aromatic heterocycles. The Bertz CT molecular complexity index is 498. The molecule has 0 saturated heterocycles. The molecule has 0 atom stereocenters. The Morgan fingerprint density at radius 3 is 2.69 bits per heavy atom. The lowest BCUT2D eigenvalue weighted by Gasteiger charge is -2.02. The predicted molar refractivity (Wildman–Crippen MR) is 66.7 cm³/mol. The van der Waals surface area contributed by atoms with Crippen molar-refractivity contribution in [3.63, 3.8) is 0 Å². The highest BCUT2D eigenvalue weighted by Crippen LogP contribution is 2.19. The van der Waals surface area contributed by atoms with Gasteiger partial charge in [0.25, 0.3) is 0 Å². The molecular formula is C11H16N4S. The summed E-state index contributed by atoms with van der Waals surface area (Å²) in [6, 6.07) is 0. The van der Waals surface area contributed by atoms with Gasteiger partial charge in [0.05, 0.1) is 12.2 Å². The molecular weight excluding hydrogens is 220 g/mol. The van der Waals surface area contributed by atoms with Crippen molar-refractivity contribution in [3.8, 4) is 0 Å². The van der Waals surface area contributed by atoms with E-state index in [1.807, 2.05) is 10.9 Å². The topological polar surface area (TPSA) is 56.7 Å². The van der Waals surface area contributed by atoms with Gasteiger partial charge in [-0.3, -0.25) is 4.68 Å². The van der Waals surface area contributed by atoms with E-state index in [1.54, 1.807) is 0 Å². The minimum atomic E-state index is 0.618. The molecule has 2 heterocycles. The van der Waals surface area contributed by atoms with Crippen LogP contribution in [0.5, 0.6) is 0 Å². The molecule has 86 valence electrons. The van der Waals surface area contributed by atoms with Crippen LogP contribution in [0.1, 0.15) is 28.8 Å². The number of rotatable bonds is 3. The lowest BCUT2D eigenvalue weighted by atomic mass is 10.1. The van der Waals surface area contributed by atoms with Crippen molar-refractivity contribution in [3.05, 3.63) is 28.0 Å². The summed E-state index contributed by atoms with van der Waals surface area (Å²) in [6.45, 7) is 7.10. The summed E-state index contributed by atoms with van der Waals surface area (Å²) in [5.41, 5.74) is 9.32. The molecule has 0 bridgehead atoms. The number of anilines is 1. The highest BCUT2D eigenvalue weighted by molar-refractivity contribution is 7.15. The first-order valence-electron chi connectivity index (χ1n) is 5.35. The van der Waals surface area contributed by atoms with Gasteiger partial charge in [-0.05, 0) is 25.8 Å². The van der Waals surface area contributed by atoms with Crippen molar-refractivity contribution in [2.45, 2.75) is 33.7 Å². The summed E-state index contributed by atoms with van der Waals surface area (Å²) in [5.74, 6) is 0. The van der Waals surface area contributed by atoms with Crippen LogP contribution in [0.25, 0.3) is 0 Å². The smallest absolute Gasteiger partial charge is 0.180 e. The van der Waals surface area contributed by atoms with Gasteiger partial charge < -0.3 is 5.73 Å². The maximum atomic E-state index is 5.61. The highest BCUT2D eigenvalue weighted by atomic mass is 32.1. The molecule has 16 heavy (non-hydrogen) atoms. The molecule has 0 aliphatic heterocycles. The van der Waals surface area contributed by atoms with E-state index in [0.717, 1.165) is 23.5 Å². The van der Waals surface area contributed by atoms with Crippen LogP contribution in [0.15, 0.2) is 6.20 Å². The fourth-order valence-electron chi connectivity index (χ4n) is 1.94. The van der Waals surface area contributed by atoms with E-state index in [9.17, 15) is 0 Å². The first kappa shape index (κ1) is 11.1. The lowest BCUT2D eigenvalue weighted by Crippen LogP contribution is -2.02. The fraction of sp³-hybridized carbons (Fsp3) is 0.455. The summed E-state index contributed by atoms with van der Waals surface area (Å²) >= 11 is 1.52. The molecule has 0 fully saturated rings. The predicted octanol–water partition coefficient (Wildman–Crippen LogP) is 2.15. The molecule has 0 aliphatic rings. The monoisotopic (exact) mass is 236 g/mol. The summed E-state index contributed by atoms with van der Waals surface area (Å²) in [5, 5.41) is 5.16. The number of aryl methyl sites for hydroxylation is 1. The third kappa shape index (κ3) is 1.95. The average Bonchev–Trinajstić information content (AvgIpc) is 2.74. The van der Waals surface area contributed by atoms with Gasteiger partial charge >= 0.3 is 0 Å². The van der Waals surface area contributed by atoms with E-state index in [2.05, 4.69) is 30.9 Å². The Morgan fingerprint density at radius 2 is 2.19 bits per heavy atom. The van der Waals surface area contributed by atoms with E-state index in [4.69, 9.17) is 5.73 Å². The molecule has 2 N–H and O–H groups in total. The van der Waals surface area contributed by atoms with Crippen molar-refractivity contribution < 1.29 is 0 Å². The molecule has 4 nitrogen and oxygen atoms in total. The SMILES string of the molecule is CCc1c(C)nn(Cc2cnc(N)s2)c1C. The van der Waals surface area contributed by atoms with E-state index in [1.165, 1.54) is 22.6 Å². The third-order valence-corrected chi connectivity index (χ3v) is 3.57. The first-order chi connectivity index (χ1) is 7.61. The quantitative estimate of drug-likeness (QED) is 0.888. The molecule has 0 aromatic carbocycles. The number of nitrogen functional groups attached to an aromatic ring is 1. The number of thiazole rings is 1. The molecule has 0 saturated carbocycles. The van der Waals surface area contributed by atoms with Crippen LogP contribution in [-0.4, -0.2) is 14.8 Å². The number of hydrogen-bond acceptors (Lipinski definition) is 4. The van der Waals surface area contributed by atoms with Crippen molar-refractivity contribution in [1.29, 1.82) is 0 Å². The van der Waals surface area contributed by atoms with Gasteiger partial charge in [-0.15, -0.1) is 11.3 Å². The fourth-order valence-corrected chi connectivity index (χ4v) is 2.61. The van der Waals surface area contributed by atoms with Crippen LogP contribution in [0.3, 0.4) is 0 Å². The largest absolute Gasteiger partial charge is 0.375 e. The summed E-state index contributed by atoms with van der Waals surface area (Å²) < 4.78 is 2.03. The van der Waals surface area contributed by atoms with Gasteiger partial charge in [0.2, 0.25) is 0 Å². The van der Waals surface area contributed by atoms with E-state index < -0.39 is 0 Å². The molecule has 0 spiro atoms. The number of nitrogens with zero attached hydrogens (tertiary/aromatic N) is 3. The van der Waals surface area contributed by atoms with E-state index in [0.29, 0.717) is 5.13 Å². The summed E-state index contributed by atoms with van der Waals surface area (Å²) in [6.07, 6.45) is 2.85. The van der Waals surface area contributed by atoms with E-state index >= 15 is 0 Å². The van der Waals surface area contributed by atoms with Crippen molar-refractivity contribution in [2.75, 3.05) is 5.73 Å². The third-order valence-electron chi connectivity index (χ3n) is 2.76. The maximum Gasteiger partial charge on any atom is 0.180 e. The zero-order valence-electron chi connectivity index (χ0n) is 9.82. The Hall–Kier alpha value is -1.36. The molecule has 0 radical (unpaired) electrons. The molecule has 0 amide bonds. The van der Waals surface area contributed by atoms with Gasteiger partial charge in [-0.2, -0.15) is 5.10 Å². The van der Waals surface area contributed by atoms with Crippen LogP contribution >= 0.6 is 11.3 Å². The van der Waals surface area contributed by atoms with Crippen molar-refractivity contribution >= 4 is 16.5 Å². The van der Waals surface area contributed by atoms with Gasteiger partial charge in [-0.25, -0.2) is 4.98 Å². The van der Waals surface area contributed by atoms with Crippen LogP contribution < -0.4 is 5.73 Å². The van der Waals surface area contributed by atoms with Gasteiger partial charge in [0.15, 0.2) is 5.13 Å². The highest BCUT2D eigenvalue weighted by Gasteiger charge is 2.10. The number of hydrogen-bond donors (Lipinski definition) is 1. The number of nitrogens with two attached hydrogens (primary N) is 1. The van der Waals surface area contributed by atoms with Crippen LogP contribution in [0.2, 0.25) is 0 Å². The van der Waals surface area contributed by atoms with Gasteiger partial charge in [0.1, 0.15) is 0 Å². The summed E-state index contributed by atoms with van der Waals surface area (Å²) in [7, 11) is 0. The maximum absolute atomic E-state index is 5.61. The first-order valence-corrected chi connectivity index (χ1v) is 6.16. The second-order valence-electron chi connectivity index (χ2n) is 3.83. The standard InChI is InChI=1S/C11H16N4S/c1-4-10-7(2)14-15(8(10)3)6-9-5-13-11(12)16-9/h5H,4,6H2,1-3H3,(H2,12,13). The molecule has 5 heteroatoms.